The average molecular weight is 529 g/mol. The number of aryl methyl sites for hydroxylation is 1. The van der Waals surface area contributed by atoms with E-state index in [0.717, 1.165) is 76.4 Å². The lowest BCUT2D eigenvalue weighted by atomic mass is 9.52. The molecule has 7 heteroatoms. The Labute approximate surface area is 231 Å². The van der Waals surface area contributed by atoms with Crippen LogP contribution in [0.1, 0.15) is 48.8 Å². The second-order valence-electron chi connectivity index (χ2n) is 12.4. The van der Waals surface area contributed by atoms with Crippen LogP contribution in [0.15, 0.2) is 54.9 Å². The molecule has 39 heavy (non-hydrogen) atoms. The maximum Gasteiger partial charge on any atom is 0.173 e. The Morgan fingerprint density at radius 1 is 1.00 bits per heavy atom. The standard InChI is InChI=1S/C32H40N4O3/c1-23-20-33-36(21-23)18-17-34-14-11-31-12-16-35(22-24-7-8-24)28(32(31,38)13-15-34)19-25-9-10-27(37)30(29(25)31)39-26-5-3-2-4-6-26/h2-6,9-10,20-21,24,28,37-38H,7-8,11-19,22H2,1H3/t28-,31+,32-/m1/s1. The molecule has 2 bridgehead atoms. The zero-order chi connectivity index (χ0) is 26.6. The number of benzene rings is 2. The van der Waals surface area contributed by atoms with Gasteiger partial charge < -0.3 is 19.8 Å². The Balaban J connectivity index is 1.27. The number of ether oxygens (including phenoxy) is 1. The fraction of sp³-hybridized carbons (Fsp3) is 0.531. The summed E-state index contributed by atoms with van der Waals surface area (Å²) >= 11 is 0. The summed E-state index contributed by atoms with van der Waals surface area (Å²) in [4.78, 5) is 5.11. The summed E-state index contributed by atoms with van der Waals surface area (Å²) in [7, 11) is 0. The number of phenols is 1. The first kappa shape index (κ1) is 25.1. The molecule has 0 amide bonds. The summed E-state index contributed by atoms with van der Waals surface area (Å²) in [5.41, 5.74) is 2.09. The van der Waals surface area contributed by atoms with Gasteiger partial charge in [-0.25, -0.2) is 0 Å². The van der Waals surface area contributed by atoms with Gasteiger partial charge in [-0.1, -0.05) is 24.3 Å². The number of nitrogens with zero attached hydrogens (tertiary/aromatic N) is 4. The zero-order valence-corrected chi connectivity index (χ0v) is 22.9. The van der Waals surface area contributed by atoms with E-state index in [0.29, 0.717) is 11.5 Å². The highest BCUT2D eigenvalue weighted by molar-refractivity contribution is 5.59. The van der Waals surface area contributed by atoms with Crippen LogP contribution in [0.5, 0.6) is 17.2 Å². The van der Waals surface area contributed by atoms with Crippen molar-refractivity contribution in [1.29, 1.82) is 0 Å². The fourth-order valence-corrected chi connectivity index (χ4v) is 7.76. The lowest BCUT2D eigenvalue weighted by Crippen LogP contribution is -2.71. The third-order valence-corrected chi connectivity index (χ3v) is 9.99. The van der Waals surface area contributed by atoms with Gasteiger partial charge in [-0.15, -0.1) is 0 Å². The van der Waals surface area contributed by atoms with E-state index in [1.165, 1.54) is 24.0 Å². The Hall–Kier alpha value is -2.87. The second-order valence-corrected chi connectivity index (χ2v) is 12.4. The molecule has 2 saturated heterocycles. The van der Waals surface area contributed by atoms with Gasteiger partial charge in [0.05, 0.1) is 18.3 Å². The van der Waals surface area contributed by atoms with E-state index in [1.54, 1.807) is 6.07 Å². The lowest BCUT2D eigenvalue weighted by molar-refractivity contribution is -0.149. The summed E-state index contributed by atoms with van der Waals surface area (Å²) in [6.45, 7) is 7.65. The molecule has 4 aliphatic rings. The molecule has 3 fully saturated rings. The minimum Gasteiger partial charge on any atom is -0.504 e. The molecule has 7 rings (SSSR count). The predicted octanol–water partition coefficient (Wildman–Crippen LogP) is 4.49. The molecule has 206 valence electrons. The Morgan fingerprint density at radius 2 is 1.79 bits per heavy atom. The molecular weight excluding hydrogens is 488 g/mol. The molecule has 3 atom stereocenters. The van der Waals surface area contributed by atoms with Crippen molar-refractivity contribution in [3.63, 3.8) is 0 Å². The largest absolute Gasteiger partial charge is 0.504 e. The minimum atomic E-state index is -0.882. The number of rotatable bonds is 7. The van der Waals surface area contributed by atoms with Crippen LogP contribution in [0.2, 0.25) is 0 Å². The van der Waals surface area contributed by atoms with Crippen molar-refractivity contribution >= 4 is 0 Å². The average Bonchev–Trinajstić information content (AvgIpc) is 3.68. The Bertz CT molecular complexity index is 1340. The maximum absolute atomic E-state index is 13.0. The number of hydrogen-bond donors (Lipinski definition) is 2. The number of para-hydroxylation sites is 1. The Kier molecular flexibility index (Phi) is 6.21. The van der Waals surface area contributed by atoms with Crippen LogP contribution in [-0.4, -0.2) is 74.2 Å². The van der Waals surface area contributed by atoms with Crippen LogP contribution in [0.25, 0.3) is 0 Å². The summed E-state index contributed by atoms with van der Waals surface area (Å²) in [5, 5.41) is 28.6. The first-order chi connectivity index (χ1) is 18.9. The van der Waals surface area contributed by atoms with Crippen molar-refractivity contribution in [3.8, 4) is 17.2 Å². The quantitative estimate of drug-likeness (QED) is 0.471. The number of phenolic OH excluding ortho intramolecular Hbond substituents is 1. The van der Waals surface area contributed by atoms with E-state index in [1.807, 2.05) is 41.2 Å². The number of likely N-dealkylation sites (tertiary alicyclic amines) is 2. The zero-order valence-electron chi connectivity index (χ0n) is 22.9. The third-order valence-electron chi connectivity index (χ3n) is 9.99. The molecule has 2 aromatic carbocycles. The normalized spacial score (nSPS) is 28.9. The number of aromatic hydroxyl groups is 1. The number of hydrogen-bond acceptors (Lipinski definition) is 6. The van der Waals surface area contributed by atoms with Gasteiger partial charge >= 0.3 is 0 Å². The molecule has 0 spiro atoms. The van der Waals surface area contributed by atoms with Crippen molar-refractivity contribution in [2.45, 2.75) is 69.1 Å². The molecule has 2 aliphatic heterocycles. The number of aliphatic hydroxyl groups is 1. The van der Waals surface area contributed by atoms with Crippen molar-refractivity contribution in [2.24, 2.45) is 5.92 Å². The second kappa shape index (κ2) is 9.65. The van der Waals surface area contributed by atoms with Gasteiger partial charge in [0.1, 0.15) is 5.75 Å². The number of piperidine rings is 1. The number of aromatic nitrogens is 2. The monoisotopic (exact) mass is 528 g/mol. The van der Waals surface area contributed by atoms with Crippen molar-refractivity contribution in [1.82, 2.24) is 19.6 Å². The first-order valence-electron chi connectivity index (χ1n) is 14.7. The van der Waals surface area contributed by atoms with Crippen LogP contribution in [-0.2, 0) is 18.4 Å². The van der Waals surface area contributed by atoms with Gasteiger partial charge in [-0.05, 0) is 93.8 Å². The van der Waals surface area contributed by atoms with Gasteiger partial charge in [0.2, 0.25) is 0 Å². The third kappa shape index (κ3) is 4.35. The van der Waals surface area contributed by atoms with E-state index in [9.17, 15) is 10.2 Å². The molecule has 7 nitrogen and oxygen atoms in total. The lowest BCUT2D eigenvalue weighted by Gasteiger charge is -2.61. The minimum absolute atomic E-state index is 0.0854. The molecular formula is C32H40N4O3. The fourth-order valence-electron chi connectivity index (χ4n) is 7.76. The van der Waals surface area contributed by atoms with Gasteiger partial charge in [-0.3, -0.25) is 9.58 Å². The topological polar surface area (TPSA) is 74.0 Å². The predicted molar refractivity (Wildman–Crippen MR) is 150 cm³/mol. The van der Waals surface area contributed by atoms with Crippen molar-refractivity contribution < 1.29 is 14.9 Å². The van der Waals surface area contributed by atoms with Crippen LogP contribution >= 0.6 is 0 Å². The molecule has 0 unspecified atom stereocenters. The van der Waals surface area contributed by atoms with Gasteiger partial charge in [0.15, 0.2) is 11.5 Å². The molecule has 3 aromatic rings. The van der Waals surface area contributed by atoms with E-state index in [-0.39, 0.29) is 11.8 Å². The summed E-state index contributed by atoms with van der Waals surface area (Å²) < 4.78 is 8.49. The van der Waals surface area contributed by atoms with E-state index in [4.69, 9.17) is 4.74 Å². The highest BCUT2D eigenvalue weighted by atomic mass is 16.5. The first-order valence-corrected chi connectivity index (χ1v) is 14.7. The summed E-state index contributed by atoms with van der Waals surface area (Å²) in [6, 6.07) is 13.7. The summed E-state index contributed by atoms with van der Waals surface area (Å²) in [5.74, 6) is 2.17. The van der Waals surface area contributed by atoms with Gasteiger partial charge in [0, 0.05) is 42.9 Å². The molecule has 1 aromatic heterocycles. The van der Waals surface area contributed by atoms with Gasteiger partial charge in [0.25, 0.3) is 0 Å². The van der Waals surface area contributed by atoms with Crippen LogP contribution in [0, 0.1) is 12.8 Å². The van der Waals surface area contributed by atoms with Crippen LogP contribution in [0.4, 0.5) is 0 Å². The summed E-state index contributed by atoms with van der Waals surface area (Å²) in [6.07, 6.45) is 9.86. The van der Waals surface area contributed by atoms with Crippen molar-refractivity contribution in [2.75, 3.05) is 32.7 Å². The van der Waals surface area contributed by atoms with E-state index >= 15 is 0 Å². The molecule has 0 radical (unpaired) electrons. The smallest absolute Gasteiger partial charge is 0.173 e. The SMILES string of the molecule is Cc1cnn(CCN2CC[C@]34CCN(CC5CC5)[C@H](Cc5ccc(O)c(Oc6ccccc6)c53)[C@]4(O)CC2)c1. The molecule has 2 N–H and O–H groups in total. The molecule has 3 heterocycles. The molecule has 2 aliphatic carbocycles. The van der Waals surface area contributed by atoms with E-state index in [2.05, 4.69) is 34.1 Å². The highest BCUT2D eigenvalue weighted by Crippen LogP contribution is 2.60. The molecule has 1 saturated carbocycles. The highest BCUT2D eigenvalue weighted by Gasteiger charge is 2.64. The number of fused-ring (bicyclic) bond motifs is 1. The van der Waals surface area contributed by atoms with Crippen LogP contribution in [0.3, 0.4) is 0 Å². The Morgan fingerprint density at radius 3 is 2.56 bits per heavy atom. The van der Waals surface area contributed by atoms with Crippen LogP contribution < -0.4 is 4.74 Å². The van der Waals surface area contributed by atoms with E-state index < -0.39 is 11.0 Å². The van der Waals surface area contributed by atoms with Crippen molar-refractivity contribution in [3.05, 3.63) is 71.5 Å². The maximum atomic E-state index is 13.0. The van der Waals surface area contributed by atoms with Gasteiger partial charge in [-0.2, -0.15) is 5.10 Å².